The topological polar surface area (TPSA) is 116 Å². The maximum Gasteiger partial charge on any atom is 0.272 e. The average Bonchev–Trinajstić information content (AvgIpc) is 2.84. The lowest BCUT2D eigenvalue weighted by Gasteiger charge is -2.18. The number of hydrazone groups is 1. The molecule has 0 bridgehead atoms. The molecule has 1 aromatic heterocycles. The minimum atomic E-state index is -1.23. The third-order valence-electron chi connectivity index (χ3n) is 4.81. The third kappa shape index (κ3) is 5.13. The minimum absolute atomic E-state index is 0.185. The Bertz CT molecular complexity index is 1400. The third-order valence-corrected chi connectivity index (χ3v) is 5.04. The van der Waals surface area contributed by atoms with Crippen LogP contribution in [0.1, 0.15) is 27.7 Å². The first-order chi connectivity index (χ1) is 16.0. The molecule has 0 aliphatic heterocycles. The fourth-order valence-electron chi connectivity index (χ4n) is 3.24. The highest BCUT2D eigenvalue weighted by atomic mass is 35.5. The summed E-state index contributed by atoms with van der Waals surface area (Å²) in [5.74, 6) is -1.12. The molecule has 0 spiro atoms. The zero-order chi connectivity index (χ0) is 23.2. The van der Waals surface area contributed by atoms with E-state index in [0.717, 1.165) is 0 Å². The zero-order valence-electron chi connectivity index (χ0n) is 17.2. The Morgan fingerprint density at radius 1 is 0.970 bits per heavy atom. The summed E-state index contributed by atoms with van der Waals surface area (Å²) in [4.78, 5) is 38.1. The van der Waals surface area contributed by atoms with Crippen LogP contribution in [0.15, 0.2) is 88.8 Å². The highest BCUT2D eigenvalue weighted by Crippen LogP contribution is 2.20. The molecule has 3 N–H and O–H groups in total. The van der Waals surface area contributed by atoms with Crippen molar-refractivity contribution >= 4 is 40.4 Å². The van der Waals surface area contributed by atoms with Gasteiger partial charge in [-0.3, -0.25) is 14.4 Å². The quantitative estimate of drug-likeness (QED) is 0.303. The number of benzene rings is 3. The number of carbonyl (C=O) groups excluding carboxylic acids is 2. The molecular weight excluding hydrogens is 442 g/mol. The number of fused-ring (bicyclic) bond motifs is 1. The van der Waals surface area contributed by atoms with Crippen molar-refractivity contribution in [1.29, 1.82) is 0 Å². The van der Waals surface area contributed by atoms with Gasteiger partial charge < -0.3 is 5.32 Å². The highest BCUT2D eigenvalue weighted by Gasteiger charge is 2.27. The van der Waals surface area contributed by atoms with E-state index < -0.39 is 23.4 Å². The molecule has 4 aromatic rings. The van der Waals surface area contributed by atoms with Crippen LogP contribution in [0.2, 0.25) is 5.02 Å². The largest absolute Gasteiger partial charge is 0.335 e. The zero-order valence-corrected chi connectivity index (χ0v) is 17.9. The van der Waals surface area contributed by atoms with Crippen molar-refractivity contribution in [1.82, 2.24) is 20.9 Å². The van der Waals surface area contributed by atoms with Crippen LogP contribution in [0.4, 0.5) is 0 Å². The summed E-state index contributed by atoms with van der Waals surface area (Å²) in [6.07, 6.45) is 1.43. The second kappa shape index (κ2) is 9.88. The Morgan fingerprint density at radius 2 is 1.70 bits per heavy atom. The molecule has 1 atom stereocenters. The molecular formula is C24H18ClN5O3. The van der Waals surface area contributed by atoms with Gasteiger partial charge in [0, 0.05) is 16.0 Å². The van der Waals surface area contributed by atoms with Gasteiger partial charge in [0.2, 0.25) is 0 Å². The van der Waals surface area contributed by atoms with Gasteiger partial charge >= 0.3 is 0 Å². The van der Waals surface area contributed by atoms with Crippen molar-refractivity contribution in [2.75, 3.05) is 0 Å². The number of H-pyrrole nitrogens is 1. The Balaban J connectivity index is 1.67. The Morgan fingerprint density at radius 3 is 2.45 bits per heavy atom. The van der Waals surface area contributed by atoms with Gasteiger partial charge in [0.05, 0.1) is 11.6 Å². The second-order valence-corrected chi connectivity index (χ2v) is 7.48. The molecule has 9 heteroatoms. The van der Waals surface area contributed by atoms with Crippen molar-refractivity contribution in [3.05, 3.63) is 111 Å². The van der Waals surface area contributed by atoms with Gasteiger partial charge in [0.15, 0.2) is 6.04 Å². The van der Waals surface area contributed by atoms with Crippen LogP contribution in [-0.4, -0.2) is 28.2 Å². The maximum absolute atomic E-state index is 13.1. The van der Waals surface area contributed by atoms with E-state index in [4.69, 9.17) is 11.6 Å². The predicted molar refractivity (Wildman–Crippen MR) is 126 cm³/mol. The van der Waals surface area contributed by atoms with Crippen LogP contribution in [0.3, 0.4) is 0 Å². The lowest BCUT2D eigenvalue weighted by atomic mass is 10.0. The minimum Gasteiger partial charge on any atom is -0.335 e. The van der Waals surface area contributed by atoms with E-state index in [2.05, 4.69) is 26.0 Å². The summed E-state index contributed by atoms with van der Waals surface area (Å²) in [5.41, 5.74) is 3.26. The van der Waals surface area contributed by atoms with Crippen LogP contribution in [0, 0.1) is 0 Å². The Kier molecular flexibility index (Phi) is 6.56. The molecule has 2 amide bonds. The highest BCUT2D eigenvalue weighted by molar-refractivity contribution is 6.30. The molecule has 4 rings (SSSR count). The number of carbonyl (C=O) groups is 2. The van der Waals surface area contributed by atoms with E-state index in [1.165, 1.54) is 6.21 Å². The average molecular weight is 460 g/mol. The van der Waals surface area contributed by atoms with E-state index in [-0.39, 0.29) is 5.69 Å². The summed E-state index contributed by atoms with van der Waals surface area (Å²) in [5, 5.41) is 14.4. The number of halogens is 1. The molecule has 0 radical (unpaired) electrons. The van der Waals surface area contributed by atoms with Crippen molar-refractivity contribution in [2.24, 2.45) is 5.10 Å². The molecule has 8 nitrogen and oxygen atoms in total. The van der Waals surface area contributed by atoms with E-state index >= 15 is 0 Å². The van der Waals surface area contributed by atoms with Crippen LogP contribution < -0.4 is 16.3 Å². The smallest absolute Gasteiger partial charge is 0.272 e. The maximum atomic E-state index is 13.1. The summed E-state index contributed by atoms with van der Waals surface area (Å²) < 4.78 is 0. The van der Waals surface area contributed by atoms with Crippen LogP contribution >= 0.6 is 11.6 Å². The summed E-state index contributed by atoms with van der Waals surface area (Å²) >= 11 is 5.97. The number of nitrogens with zero attached hydrogens (tertiary/aromatic N) is 2. The summed E-state index contributed by atoms with van der Waals surface area (Å²) in [6, 6.07) is 20.9. The van der Waals surface area contributed by atoms with Crippen LogP contribution in [0.25, 0.3) is 10.8 Å². The van der Waals surface area contributed by atoms with E-state index in [1.54, 1.807) is 78.9 Å². The normalized spacial score (nSPS) is 11.9. The SMILES string of the molecule is O=C(N[C@@H](C(=O)NN=Cc1cccc(Cl)c1)c1n[nH]c(=O)c2ccccc12)c1ccccc1. The number of aromatic amines is 1. The van der Waals surface area contributed by atoms with Gasteiger partial charge in [-0.25, -0.2) is 10.5 Å². The second-order valence-electron chi connectivity index (χ2n) is 7.05. The van der Waals surface area contributed by atoms with Gasteiger partial charge in [0.1, 0.15) is 5.69 Å². The number of nitrogens with one attached hydrogen (secondary N) is 3. The van der Waals surface area contributed by atoms with Gasteiger partial charge in [-0.15, -0.1) is 0 Å². The van der Waals surface area contributed by atoms with Gasteiger partial charge in [0.25, 0.3) is 17.4 Å². The van der Waals surface area contributed by atoms with Crippen molar-refractivity contribution in [3.8, 4) is 0 Å². The fourth-order valence-corrected chi connectivity index (χ4v) is 3.44. The van der Waals surface area contributed by atoms with E-state index in [1.807, 2.05) is 0 Å². The Hall–Kier alpha value is -4.30. The van der Waals surface area contributed by atoms with E-state index in [0.29, 0.717) is 26.9 Å². The monoisotopic (exact) mass is 459 g/mol. The van der Waals surface area contributed by atoms with Gasteiger partial charge in [-0.05, 0) is 35.9 Å². The number of aromatic nitrogens is 2. The first-order valence-electron chi connectivity index (χ1n) is 9.94. The number of rotatable bonds is 6. The fraction of sp³-hybridized carbons (Fsp3) is 0.0417. The number of hydrogen-bond donors (Lipinski definition) is 3. The summed E-state index contributed by atoms with van der Waals surface area (Å²) in [7, 11) is 0. The molecule has 0 aliphatic carbocycles. The molecule has 33 heavy (non-hydrogen) atoms. The van der Waals surface area contributed by atoms with Crippen LogP contribution in [0.5, 0.6) is 0 Å². The first-order valence-corrected chi connectivity index (χ1v) is 10.3. The lowest BCUT2D eigenvalue weighted by molar-refractivity contribution is -0.123. The van der Waals surface area contributed by atoms with Crippen molar-refractivity contribution < 1.29 is 9.59 Å². The summed E-state index contributed by atoms with van der Waals surface area (Å²) in [6.45, 7) is 0. The molecule has 0 saturated heterocycles. The van der Waals surface area contributed by atoms with Crippen LogP contribution in [-0.2, 0) is 4.79 Å². The predicted octanol–water partition coefficient (Wildman–Crippen LogP) is 3.20. The Labute approximate surface area is 193 Å². The molecule has 1 heterocycles. The van der Waals surface area contributed by atoms with Crippen molar-refractivity contribution in [2.45, 2.75) is 6.04 Å². The van der Waals surface area contributed by atoms with Gasteiger partial charge in [-0.1, -0.05) is 60.1 Å². The first kappa shape index (κ1) is 21.9. The molecule has 0 saturated carbocycles. The molecule has 0 aliphatic rings. The van der Waals surface area contributed by atoms with Crippen molar-refractivity contribution in [3.63, 3.8) is 0 Å². The van der Waals surface area contributed by atoms with Gasteiger partial charge in [-0.2, -0.15) is 10.2 Å². The number of amides is 2. The van der Waals surface area contributed by atoms with E-state index in [9.17, 15) is 14.4 Å². The molecule has 164 valence electrons. The lowest BCUT2D eigenvalue weighted by Crippen LogP contribution is -2.40. The number of hydrogen-bond acceptors (Lipinski definition) is 5. The molecule has 0 unspecified atom stereocenters. The molecule has 0 fully saturated rings. The molecule has 3 aromatic carbocycles. The standard InChI is InChI=1S/C24H18ClN5O3/c25-17-10-6-7-15(13-17)14-26-29-24(33)21(27-22(31)16-8-2-1-3-9-16)20-18-11-4-5-12-19(18)23(32)30-28-20/h1-14,21H,(H,27,31)(H,29,33)(H,30,32)/t21-/m1/s1.